The van der Waals surface area contributed by atoms with Crippen LogP contribution >= 0.6 is 0 Å². The highest BCUT2D eigenvalue weighted by molar-refractivity contribution is 5.87. The molecule has 0 radical (unpaired) electrons. The molecule has 0 aromatic heterocycles. The van der Waals surface area contributed by atoms with Gasteiger partial charge in [0.2, 0.25) is 6.34 Å². The summed E-state index contributed by atoms with van der Waals surface area (Å²) >= 11 is 0. The van der Waals surface area contributed by atoms with E-state index in [2.05, 4.69) is 123 Å². The standard InChI is InChI=1S/C39H59N2/c1-13-38(14-2)23-36(9,10)32-30(38)22-31-33(37(11,12)24-39(31,15-3)16-4)35(32)41-21-20-40(25-41)34-28(26(5)6)18-17-19-29(34)27(7)8/h17-19,22,25-27H,13-16,20-21,23-24H2,1-12H3/q+1. The molecule has 0 N–H and O–H groups in total. The molecule has 224 valence electrons. The number of fused-ring (bicyclic) bond motifs is 2. The van der Waals surface area contributed by atoms with Crippen molar-refractivity contribution in [3.8, 4) is 0 Å². The van der Waals surface area contributed by atoms with Gasteiger partial charge in [-0.05, 0) is 83.1 Å². The third-order valence-electron chi connectivity index (χ3n) is 11.8. The lowest BCUT2D eigenvalue weighted by Crippen LogP contribution is -2.28. The molecule has 3 aliphatic rings. The van der Waals surface area contributed by atoms with Gasteiger partial charge in [0.25, 0.3) is 0 Å². The Morgan fingerprint density at radius 3 is 1.56 bits per heavy atom. The zero-order chi connectivity index (χ0) is 30.1. The molecule has 0 atom stereocenters. The van der Waals surface area contributed by atoms with Crippen molar-refractivity contribution in [1.29, 1.82) is 0 Å². The molecule has 0 amide bonds. The van der Waals surface area contributed by atoms with E-state index >= 15 is 0 Å². The predicted octanol–water partition coefficient (Wildman–Crippen LogP) is 10.6. The number of hydrogen-bond donors (Lipinski definition) is 0. The summed E-state index contributed by atoms with van der Waals surface area (Å²) in [6, 6.07) is 9.76. The van der Waals surface area contributed by atoms with Crippen molar-refractivity contribution >= 4 is 17.7 Å². The topological polar surface area (TPSA) is 6.25 Å². The van der Waals surface area contributed by atoms with Crippen LogP contribution < -0.4 is 4.90 Å². The van der Waals surface area contributed by atoms with Gasteiger partial charge in [-0.1, -0.05) is 107 Å². The molecule has 2 aromatic carbocycles. The van der Waals surface area contributed by atoms with Crippen LogP contribution in [-0.2, 0) is 21.7 Å². The molecule has 2 heteroatoms. The minimum atomic E-state index is 0.158. The fraction of sp³-hybridized carbons (Fsp3) is 0.667. The van der Waals surface area contributed by atoms with E-state index in [0.717, 1.165) is 13.1 Å². The average Bonchev–Trinajstić information content (AvgIpc) is 3.57. The van der Waals surface area contributed by atoms with Crippen LogP contribution in [0.5, 0.6) is 0 Å². The molecule has 5 rings (SSSR count). The van der Waals surface area contributed by atoms with E-state index in [1.807, 2.05) is 0 Å². The maximum absolute atomic E-state index is 2.76. The van der Waals surface area contributed by atoms with Crippen molar-refractivity contribution in [3.63, 3.8) is 0 Å². The van der Waals surface area contributed by atoms with Crippen molar-refractivity contribution < 1.29 is 4.58 Å². The summed E-state index contributed by atoms with van der Waals surface area (Å²) in [5.41, 5.74) is 13.5. The number of benzene rings is 2. The normalized spacial score (nSPS) is 21.5. The highest BCUT2D eigenvalue weighted by atomic mass is 15.3. The smallest absolute Gasteiger partial charge is 0.229 e. The lowest BCUT2D eigenvalue weighted by atomic mass is 9.72. The second-order valence-electron chi connectivity index (χ2n) is 15.8. The van der Waals surface area contributed by atoms with Crippen molar-refractivity contribution in [2.75, 3.05) is 18.0 Å². The van der Waals surface area contributed by atoms with Gasteiger partial charge in [0.1, 0.15) is 24.5 Å². The molecule has 1 aliphatic heterocycles. The summed E-state index contributed by atoms with van der Waals surface area (Å²) in [5, 5.41) is 0. The van der Waals surface area contributed by atoms with Crippen LogP contribution in [-0.4, -0.2) is 24.0 Å². The van der Waals surface area contributed by atoms with Gasteiger partial charge in [0.15, 0.2) is 0 Å². The summed E-state index contributed by atoms with van der Waals surface area (Å²) < 4.78 is 2.61. The Morgan fingerprint density at radius 2 is 1.17 bits per heavy atom. The molecule has 1 heterocycles. The molecule has 0 saturated carbocycles. The van der Waals surface area contributed by atoms with Gasteiger partial charge in [-0.15, -0.1) is 0 Å². The minimum absolute atomic E-state index is 0.158. The van der Waals surface area contributed by atoms with Crippen LogP contribution in [0.2, 0.25) is 0 Å². The average molecular weight is 556 g/mol. The Balaban J connectivity index is 1.83. The van der Waals surface area contributed by atoms with Crippen molar-refractivity contribution in [3.05, 3.63) is 57.6 Å². The highest BCUT2D eigenvalue weighted by Gasteiger charge is 2.55. The van der Waals surface area contributed by atoms with Crippen LogP contribution in [0, 0.1) is 0 Å². The Kier molecular flexibility index (Phi) is 7.61. The molecular formula is C39H59N2+. The fourth-order valence-corrected chi connectivity index (χ4v) is 9.67. The number of para-hydroxylation sites is 1. The maximum Gasteiger partial charge on any atom is 0.244 e. The number of anilines is 1. The summed E-state index contributed by atoms with van der Waals surface area (Å²) in [6.07, 6.45) is 9.93. The molecule has 0 unspecified atom stereocenters. The van der Waals surface area contributed by atoms with E-state index in [1.165, 1.54) is 55.3 Å². The Morgan fingerprint density at radius 1 is 0.732 bits per heavy atom. The van der Waals surface area contributed by atoms with E-state index in [1.54, 1.807) is 27.9 Å². The zero-order valence-electron chi connectivity index (χ0n) is 28.6. The lowest BCUT2D eigenvalue weighted by molar-refractivity contribution is -0.425. The third-order valence-corrected chi connectivity index (χ3v) is 11.8. The van der Waals surface area contributed by atoms with Crippen LogP contribution in [0.4, 0.5) is 11.4 Å². The Labute approximate surface area is 252 Å². The SMILES string of the molecule is CCC1(CC)CC(C)(C)c2c1cc1c(c2N2C=[N+](c3c(C(C)C)cccc3C(C)C)CC2)C(C)(C)CC1(CC)CC. The van der Waals surface area contributed by atoms with E-state index in [9.17, 15) is 0 Å². The summed E-state index contributed by atoms with van der Waals surface area (Å²) in [5.74, 6) is 0.998. The first-order chi connectivity index (χ1) is 19.2. The molecule has 0 fully saturated rings. The third kappa shape index (κ3) is 4.44. The highest BCUT2D eigenvalue weighted by Crippen LogP contribution is 2.63. The zero-order valence-corrected chi connectivity index (χ0v) is 28.6. The number of nitrogens with zero attached hydrogens (tertiary/aromatic N) is 2. The number of rotatable bonds is 8. The maximum atomic E-state index is 2.76. The molecule has 41 heavy (non-hydrogen) atoms. The van der Waals surface area contributed by atoms with Gasteiger partial charge in [-0.2, -0.15) is 0 Å². The van der Waals surface area contributed by atoms with Gasteiger partial charge < -0.3 is 0 Å². The molecule has 2 aromatic rings. The van der Waals surface area contributed by atoms with E-state index in [4.69, 9.17) is 0 Å². The Hall–Kier alpha value is -2.09. The van der Waals surface area contributed by atoms with E-state index in [0.29, 0.717) is 11.8 Å². The molecular weight excluding hydrogens is 496 g/mol. The van der Waals surface area contributed by atoms with Crippen LogP contribution in [0.15, 0.2) is 24.3 Å². The molecule has 2 nitrogen and oxygen atoms in total. The van der Waals surface area contributed by atoms with E-state index < -0.39 is 0 Å². The first-order valence-electron chi connectivity index (χ1n) is 17.0. The van der Waals surface area contributed by atoms with Gasteiger partial charge in [0.05, 0.1) is 0 Å². The minimum Gasteiger partial charge on any atom is -0.229 e. The van der Waals surface area contributed by atoms with Crippen molar-refractivity contribution in [2.45, 2.75) is 155 Å². The molecule has 0 bridgehead atoms. The molecule has 0 saturated heterocycles. The van der Waals surface area contributed by atoms with Gasteiger partial charge in [-0.25, -0.2) is 9.48 Å². The van der Waals surface area contributed by atoms with Crippen LogP contribution in [0.25, 0.3) is 0 Å². The van der Waals surface area contributed by atoms with Crippen molar-refractivity contribution in [2.24, 2.45) is 0 Å². The van der Waals surface area contributed by atoms with Gasteiger partial charge >= 0.3 is 0 Å². The van der Waals surface area contributed by atoms with E-state index in [-0.39, 0.29) is 21.7 Å². The summed E-state index contributed by atoms with van der Waals surface area (Å²) in [4.78, 5) is 2.71. The monoisotopic (exact) mass is 555 g/mol. The summed E-state index contributed by atoms with van der Waals surface area (Å²) in [6.45, 7) is 31.4. The fourth-order valence-electron chi connectivity index (χ4n) is 9.67. The number of hydrogen-bond acceptors (Lipinski definition) is 1. The summed E-state index contributed by atoms with van der Waals surface area (Å²) in [7, 11) is 0. The van der Waals surface area contributed by atoms with Gasteiger partial charge in [-0.3, -0.25) is 0 Å². The second kappa shape index (κ2) is 10.3. The Bertz CT molecular complexity index is 1260. The quantitative estimate of drug-likeness (QED) is 0.294. The predicted molar refractivity (Wildman–Crippen MR) is 179 cm³/mol. The van der Waals surface area contributed by atoms with Gasteiger partial charge in [0, 0.05) is 22.3 Å². The van der Waals surface area contributed by atoms with Crippen LogP contribution in [0.1, 0.15) is 167 Å². The second-order valence-corrected chi connectivity index (χ2v) is 15.8. The molecule has 2 aliphatic carbocycles. The van der Waals surface area contributed by atoms with Crippen LogP contribution in [0.3, 0.4) is 0 Å². The lowest BCUT2D eigenvalue weighted by Gasteiger charge is -2.32. The first-order valence-corrected chi connectivity index (χ1v) is 17.0. The van der Waals surface area contributed by atoms with Crippen molar-refractivity contribution in [1.82, 2.24) is 0 Å². The molecule has 0 spiro atoms. The first kappa shape index (κ1) is 30.4. The largest absolute Gasteiger partial charge is 0.244 e.